The van der Waals surface area contributed by atoms with Gasteiger partial charge in [0, 0.05) is 12.1 Å². The monoisotopic (exact) mass is 217 g/mol. The molecule has 3 unspecified atom stereocenters. The Hall–Kier alpha value is -0.820. The molecule has 1 fully saturated rings. The average molecular weight is 217 g/mol. The SMILES string of the molecule is Cc1cccc(C2CC2C(C)NC(C)C)c1. The van der Waals surface area contributed by atoms with Gasteiger partial charge in [-0.05, 0) is 37.7 Å². The Balaban J connectivity index is 1.96. The summed E-state index contributed by atoms with van der Waals surface area (Å²) in [6, 6.07) is 10.2. The van der Waals surface area contributed by atoms with Crippen LogP contribution in [0.25, 0.3) is 0 Å². The van der Waals surface area contributed by atoms with E-state index in [0.717, 1.165) is 11.8 Å². The molecule has 0 aliphatic heterocycles. The average Bonchev–Trinajstić information content (AvgIpc) is 2.95. The second-order valence-corrected chi connectivity index (χ2v) is 5.53. The van der Waals surface area contributed by atoms with Gasteiger partial charge < -0.3 is 5.32 Å². The zero-order valence-electron chi connectivity index (χ0n) is 10.8. The number of benzene rings is 1. The molecule has 3 atom stereocenters. The van der Waals surface area contributed by atoms with Crippen molar-refractivity contribution in [3.05, 3.63) is 35.4 Å². The Bertz CT molecular complexity index is 356. The third-order valence-corrected chi connectivity index (χ3v) is 3.55. The molecule has 1 N–H and O–H groups in total. The highest BCUT2D eigenvalue weighted by molar-refractivity contribution is 5.30. The molecule has 0 radical (unpaired) electrons. The number of hydrogen-bond acceptors (Lipinski definition) is 1. The molecule has 0 spiro atoms. The molecular formula is C15H23N. The van der Waals surface area contributed by atoms with E-state index in [1.54, 1.807) is 0 Å². The zero-order chi connectivity index (χ0) is 11.7. The topological polar surface area (TPSA) is 12.0 Å². The number of nitrogens with one attached hydrogen (secondary N) is 1. The van der Waals surface area contributed by atoms with Crippen LogP contribution >= 0.6 is 0 Å². The minimum absolute atomic E-state index is 0.591. The minimum atomic E-state index is 0.591. The number of rotatable bonds is 4. The molecule has 1 saturated carbocycles. The first kappa shape index (κ1) is 11.7. The lowest BCUT2D eigenvalue weighted by Crippen LogP contribution is -2.34. The van der Waals surface area contributed by atoms with Gasteiger partial charge in [0.15, 0.2) is 0 Å². The van der Waals surface area contributed by atoms with Crippen molar-refractivity contribution in [1.29, 1.82) is 0 Å². The van der Waals surface area contributed by atoms with E-state index in [0.29, 0.717) is 12.1 Å². The highest BCUT2D eigenvalue weighted by Crippen LogP contribution is 2.49. The summed E-state index contributed by atoms with van der Waals surface area (Å²) in [5.74, 6) is 1.63. The quantitative estimate of drug-likeness (QED) is 0.814. The van der Waals surface area contributed by atoms with E-state index in [4.69, 9.17) is 0 Å². The molecule has 0 saturated heterocycles. The molecular weight excluding hydrogens is 194 g/mol. The zero-order valence-corrected chi connectivity index (χ0v) is 10.8. The van der Waals surface area contributed by atoms with Crippen LogP contribution in [0.5, 0.6) is 0 Å². The van der Waals surface area contributed by atoms with Crippen molar-refractivity contribution < 1.29 is 0 Å². The predicted molar refractivity (Wildman–Crippen MR) is 69.8 cm³/mol. The second kappa shape index (κ2) is 4.58. The fourth-order valence-corrected chi connectivity index (χ4v) is 2.70. The second-order valence-electron chi connectivity index (χ2n) is 5.53. The molecule has 0 amide bonds. The molecule has 0 heterocycles. The van der Waals surface area contributed by atoms with Crippen molar-refractivity contribution in [1.82, 2.24) is 5.32 Å². The summed E-state index contributed by atoms with van der Waals surface area (Å²) in [6.45, 7) is 8.94. The van der Waals surface area contributed by atoms with E-state index in [-0.39, 0.29) is 0 Å². The maximum Gasteiger partial charge on any atom is 0.00754 e. The molecule has 0 aromatic heterocycles. The van der Waals surface area contributed by atoms with Gasteiger partial charge in [-0.15, -0.1) is 0 Å². The Labute approximate surface area is 99.3 Å². The molecule has 1 aliphatic rings. The Kier molecular flexibility index (Phi) is 3.34. The standard InChI is InChI=1S/C15H23N/c1-10(2)16-12(4)14-9-15(14)13-7-5-6-11(3)8-13/h5-8,10,12,14-16H,9H2,1-4H3. The summed E-state index contributed by atoms with van der Waals surface area (Å²) < 4.78 is 0. The summed E-state index contributed by atoms with van der Waals surface area (Å²) in [5.41, 5.74) is 2.91. The van der Waals surface area contributed by atoms with Gasteiger partial charge in [0.25, 0.3) is 0 Å². The Morgan fingerprint density at radius 2 is 2.00 bits per heavy atom. The molecule has 1 nitrogen and oxygen atoms in total. The van der Waals surface area contributed by atoms with Gasteiger partial charge in [-0.2, -0.15) is 0 Å². The van der Waals surface area contributed by atoms with E-state index in [2.05, 4.69) is 57.3 Å². The van der Waals surface area contributed by atoms with Crippen molar-refractivity contribution in [2.24, 2.45) is 5.92 Å². The summed E-state index contributed by atoms with van der Waals surface area (Å²) in [4.78, 5) is 0. The fraction of sp³-hybridized carbons (Fsp3) is 0.600. The maximum atomic E-state index is 3.62. The van der Waals surface area contributed by atoms with Crippen LogP contribution in [-0.2, 0) is 0 Å². The highest BCUT2D eigenvalue weighted by atomic mass is 14.9. The molecule has 16 heavy (non-hydrogen) atoms. The van der Waals surface area contributed by atoms with E-state index in [1.165, 1.54) is 17.5 Å². The molecule has 0 bridgehead atoms. The van der Waals surface area contributed by atoms with Gasteiger partial charge in [0.05, 0.1) is 0 Å². The first-order valence-electron chi connectivity index (χ1n) is 6.40. The molecule has 1 aliphatic carbocycles. The van der Waals surface area contributed by atoms with Crippen LogP contribution in [0.4, 0.5) is 0 Å². The van der Waals surface area contributed by atoms with Crippen molar-refractivity contribution in [2.45, 2.75) is 52.1 Å². The molecule has 88 valence electrons. The molecule has 1 aromatic rings. The third kappa shape index (κ3) is 2.65. The first-order chi connectivity index (χ1) is 7.58. The largest absolute Gasteiger partial charge is 0.312 e. The normalized spacial score (nSPS) is 25.8. The van der Waals surface area contributed by atoms with Gasteiger partial charge in [-0.3, -0.25) is 0 Å². The fourth-order valence-electron chi connectivity index (χ4n) is 2.70. The van der Waals surface area contributed by atoms with Gasteiger partial charge in [-0.25, -0.2) is 0 Å². The van der Waals surface area contributed by atoms with Crippen molar-refractivity contribution in [2.75, 3.05) is 0 Å². The van der Waals surface area contributed by atoms with Crippen LogP contribution in [0.3, 0.4) is 0 Å². The predicted octanol–water partition coefficient (Wildman–Crippen LogP) is 3.49. The number of aryl methyl sites for hydroxylation is 1. The minimum Gasteiger partial charge on any atom is -0.312 e. The summed E-state index contributed by atoms with van der Waals surface area (Å²) in [7, 11) is 0. The van der Waals surface area contributed by atoms with Crippen LogP contribution in [0, 0.1) is 12.8 Å². The van der Waals surface area contributed by atoms with E-state index >= 15 is 0 Å². The van der Waals surface area contributed by atoms with Crippen LogP contribution in [0.15, 0.2) is 24.3 Å². The lowest BCUT2D eigenvalue weighted by atomic mass is 10.0. The van der Waals surface area contributed by atoms with Gasteiger partial charge >= 0.3 is 0 Å². The van der Waals surface area contributed by atoms with Crippen molar-refractivity contribution >= 4 is 0 Å². The third-order valence-electron chi connectivity index (χ3n) is 3.55. The lowest BCUT2D eigenvalue weighted by molar-refractivity contribution is 0.444. The van der Waals surface area contributed by atoms with E-state index < -0.39 is 0 Å². The first-order valence-corrected chi connectivity index (χ1v) is 6.40. The van der Waals surface area contributed by atoms with Gasteiger partial charge in [0.1, 0.15) is 0 Å². The lowest BCUT2D eigenvalue weighted by Gasteiger charge is -2.16. The van der Waals surface area contributed by atoms with Crippen molar-refractivity contribution in [3.63, 3.8) is 0 Å². The van der Waals surface area contributed by atoms with Gasteiger partial charge in [0.2, 0.25) is 0 Å². The summed E-state index contributed by atoms with van der Waals surface area (Å²) in [5, 5.41) is 3.62. The van der Waals surface area contributed by atoms with E-state index in [1.807, 2.05) is 0 Å². The van der Waals surface area contributed by atoms with Crippen LogP contribution in [0.1, 0.15) is 44.2 Å². The highest BCUT2D eigenvalue weighted by Gasteiger charge is 2.41. The van der Waals surface area contributed by atoms with Crippen LogP contribution < -0.4 is 5.32 Å². The summed E-state index contributed by atoms with van der Waals surface area (Å²) >= 11 is 0. The van der Waals surface area contributed by atoms with E-state index in [9.17, 15) is 0 Å². The Morgan fingerprint density at radius 1 is 1.25 bits per heavy atom. The summed E-state index contributed by atoms with van der Waals surface area (Å²) in [6.07, 6.45) is 1.35. The van der Waals surface area contributed by atoms with Crippen molar-refractivity contribution in [3.8, 4) is 0 Å². The Morgan fingerprint density at radius 3 is 2.62 bits per heavy atom. The van der Waals surface area contributed by atoms with Crippen LogP contribution in [-0.4, -0.2) is 12.1 Å². The molecule has 2 rings (SSSR count). The van der Waals surface area contributed by atoms with Crippen LogP contribution in [0.2, 0.25) is 0 Å². The number of hydrogen-bond donors (Lipinski definition) is 1. The molecule has 1 heteroatoms. The molecule has 1 aromatic carbocycles. The smallest absolute Gasteiger partial charge is 0.00754 e. The maximum absolute atomic E-state index is 3.62. The van der Waals surface area contributed by atoms with Gasteiger partial charge in [-0.1, -0.05) is 43.7 Å².